The van der Waals surface area contributed by atoms with Crippen molar-refractivity contribution in [2.75, 3.05) is 13.1 Å². The highest BCUT2D eigenvalue weighted by Gasteiger charge is 2.18. The van der Waals surface area contributed by atoms with Crippen LogP contribution < -0.4 is 0 Å². The summed E-state index contributed by atoms with van der Waals surface area (Å²) in [7, 11) is 0. The van der Waals surface area contributed by atoms with Crippen LogP contribution in [0.25, 0.3) is 0 Å². The van der Waals surface area contributed by atoms with Crippen LogP contribution in [0.15, 0.2) is 34.5 Å². The van der Waals surface area contributed by atoms with E-state index in [-0.39, 0.29) is 5.91 Å². The molecule has 1 rings (SSSR count). The van der Waals surface area contributed by atoms with E-state index >= 15 is 0 Å². The number of rotatable bonds is 7. The van der Waals surface area contributed by atoms with Gasteiger partial charge in [-0.05, 0) is 48.3 Å². The Balaban J connectivity index is 2.09. The predicted molar refractivity (Wildman–Crippen MR) is 93.5 cm³/mol. The van der Waals surface area contributed by atoms with Gasteiger partial charge in [0.05, 0.1) is 3.58 Å². The smallest absolute Gasteiger partial charge is 0.259 e. The second-order valence-corrected chi connectivity index (χ2v) is 5.97. The third-order valence-electron chi connectivity index (χ3n) is 3.18. The quantitative estimate of drug-likeness (QED) is 0.279. The van der Waals surface area contributed by atoms with Crippen molar-refractivity contribution in [2.45, 2.75) is 38.5 Å². The molecule has 0 fully saturated rings. The fourth-order valence-electron chi connectivity index (χ4n) is 1.92. The molecule has 0 aliphatic carbocycles. The summed E-state index contributed by atoms with van der Waals surface area (Å²) in [4.78, 5) is 13.8. The van der Waals surface area contributed by atoms with E-state index in [1.165, 1.54) is 0 Å². The molecule has 3 heteroatoms. The van der Waals surface area contributed by atoms with Crippen LogP contribution in [0.5, 0.6) is 0 Å². The second-order valence-electron chi connectivity index (χ2n) is 4.81. The largest absolute Gasteiger partial charge is 0.338 e. The summed E-state index contributed by atoms with van der Waals surface area (Å²) in [6.07, 6.45) is 9.55. The topological polar surface area (TPSA) is 20.3 Å². The van der Waals surface area contributed by atoms with Crippen LogP contribution in [0, 0.1) is 11.8 Å². The lowest BCUT2D eigenvalue weighted by molar-refractivity contribution is -0.126. The van der Waals surface area contributed by atoms with Crippen LogP contribution in [0.1, 0.15) is 38.5 Å². The molecule has 1 amide bonds. The lowest BCUT2D eigenvalue weighted by Gasteiger charge is -2.25. The van der Waals surface area contributed by atoms with Crippen LogP contribution >= 0.6 is 22.6 Å². The summed E-state index contributed by atoms with van der Waals surface area (Å²) in [6, 6.07) is 0. The molecule has 108 valence electrons. The molecule has 1 aliphatic heterocycles. The molecule has 0 spiro atoms. The van der Waals surface area contributed by atoms with Gasteiger partial charge in [-0.25, -0.2) is 0 Å². The van der Waals surface area contributed by atoms with Crippen molar-refractivity contribution in [1.29, 1.82) is 0 Å². The monoisotopic (exact) mass is 383 g/mol. The molecule has 0 atom stereocenters. The van der Waals surface area contributed by atoms with E-state index in [9.17, 15) is 4.79 Å². The van der Waals surface area contributed by atoms with Crippen molar-refractivity contribution in [2.24, 2.45) is 0 Å². The average molecular weight is 383 g/mol. The molecule has 0 aromatic rings. The molecule has 0 bridgehead atoms. The molecule has 0 aromatic carbocycles. The van der Waals surface area contributed by atoms with Gasteiger partial charge in [0, 0.05) is 25.9 Å². The molecule has 1 aliphatic rings. The Bertz CT molecular complexity index is 453. The number of nitrogens with zero attached hydrogens (tertiary/aromatic N) is 1. The highest BCUT2D eigenvalue weighted by molar-refractivity contribution is 14.1. The lowest BCUT2D eigenvalue weighted by atomic mass is 10.1. The van der Waals surface area contributed by atoms with Crippen molar-refractivity contribution < 1.29 is 4.79 Å². The summed E-state index contributed by atoms with van der Waals surface area (Å²) < 4.78 is 0.857. The van der Waals surface area contributed by atoms with Gasteiger partial charge >= 0.3 is 0 Å². The molecular formula is C17H22INO. The van der Waals surface area contributed by atoms with Gasteiger partial charge in [-0.2, -0.15) is 0 Å². The summed E-state index contributed by atoms with van der Waals surface area (Å²) in [5.41, 5.74) is 1.05. The molecule has 1 heterocycles. The number of amides is 1. The molecule has 0 saturated carbocycles. The molecule has 0 unspecified atom stereocenters. The second kappa shape index (κ2) is 9.82. The van der Waals surface area contributed by atoms with Crippen LogP contribution in [0.2, 0.25) is 0 Å². The first-order chi connectivity index (χ1) is 9.65. The zero-order valence-electron chi connectivity index (χ0n) is 12.0. The van der Waals surface area contributed by atoms with Crippen LogP contribution in [-0.4, -0.2) is 23.9 Å². The third-order valence-corrected chi connectivity index (χ3v) is 4.08. The number of carbonyl (C=O) groups excluding carboxylic acids is 1. The first kappa shape index (κ1) is 17.0. The SMILES string of the molecule is C=CC(=C)CCC#CCCCCN1CCC=C(I)C1=O. The van der Waals surface area contributed by atoms with E-state index in [0.717, 1.165) is 60.8 Å². The van der Waals surface area contributed by atoms with E-state index in [1.54, 1.807) is 6.08 Å². The minimum atomic E-state index is 0.186. The van der Waals surface area contributed by atoms with Gasteiger partial charge in [0.15, 0.2) is 0 Å². The van der Waals surface area contributed by atoms with Crippen molar-refractivity contribution >= 4 is 28.5 Å². The third kappa shape index (κ3) is 6.42. The van der Waals surface area contributed by atoms with Crippen molar-refractivity contribution in [3.05, 3.63) is 34.5 Å². The van der Waals surface area contributed by atoms with E-state index in [4.69, 9.17) is 0 Å². The maximum Gasteiger partial charge on any atom is 0.259 e. The number of halogens is 1. The fraction of sp³-hybridized carbons (Fsp3) is 0.471. The highest BCUT2D eigenvalue weighted by Crippen LogP contribution is 2.17. The van der Waals surface area contributed by atoms with E-state index in [1.807, 2.05) is 11.0 Å². The summed E-state index contributed by atoms with van der Waals surface area (Å²) >= 11 is 2.12. The number of hydrogen-bond acceptors (Lipinski definition) is 1. The van der Waals surface area contributed by atoms with Gasteiger partial charge in [-0.15, -0.1) is 11.8 Å². The van der Waals surface area contributed by atoms with Crippen molar-refractivity contribution in [3.8, 4) is 11.8 Å². The van der Waals surface area contributed by atoms with Gasteiger partial charge in [0.25, 0.3) is 5.91 Å². The molecular weight excluding hydrogens is 361 g/mol. The molecule has 20 heavy (non-hydrogen) atoms. The van der Waals surface area contributed by atoms with Gasteiger partial charge in [0.1, 0.15) is 0 Å². The number of allylic oxidation sites excluding steroid dienone is 2. The summed E-state index contributed by atoms with van der Waals surface area (Å²) in [5, 5.41) is 0. The fourth-order valence-corrected chi connectivity index (χ4v) is 2.57. The van der Waals surface area contributed by atoms with E-state index < -0.39 is 0 Å². The van der Waals surface area contributed by atoms with Gasteiger partial charge in [-0.1, -0.05) is 30.9 Å². The van der Waals surface area contributed by atoms with Crippen LogP contribution in [-0.2, 0) is 4.79 Å². The van der Waals surface area contributed by atoms with Crippen LogP contribution in [0.4, 0.5) is 0 Å². The first-order valence-corrected chi connectivity index (χ1v) is 8.14. The normalized spacial score (nSPS) is 14.3. The summed E-state index contributed by atoms with van der Waals surface area (Å²) in [6.45, 7) is 9.25. The molecule has 0 radical (unpaired) electrons. The van der Waals surface area contributed by atoms with Crippen molar-refractivity contribution in [3.63, 3.8) is 0 Å². The molecule has 0 aromatic heterocycles. The standard InChI is InChI=1S/C17H22INO/c1-3-15(2)11-8-6-4-5-7-9-13-19-14-10-12-16(18)17(19)20/h3,12H,1-2,5,7-11,13-14H2. The predicted octanol–water partition coefficient (Wildman–Crippen LogP) is 4.23. The molecule has 0 saturated heterocycles. The van der Waals surface area contributed by atoms with E-state index in [0.29, 0.717) is 0 Å². The zero-order chi connectivity index (χ0) is 14.8. The minimum absolute atomic E-state index is 0.186. The zero-order valence-corrected chi connectivity index (χ0v) is 14.1. The van der Waals surface area contributed by atoms with Gasteiger partial charge in [0.2, 0.25) is 0 Å². The van der Waals surface area contributed by atoms with Crippen LogP contribution in [0.3, 0.4) is 0 Å². The number of unbranched alkanes of at least 4 members (excludes halogenated alkanes) is 2. The summed E-state index contributed by atoms with van der Waals surface area (Å²) in [5.74, 6) is 6.52. The Morgan fingerprint density at radius 3 is 2.90 bits per heavy atom. The maximum absolute atomic E-state index is 11.8. The molecule has 2 nitrogen and oxygen atoms in total. The number of carbonyl (C=O) groups is 1. The van der Waals surface area contributed by atoms with Gasteiger partial charge in [-0.3, -0.25) is 4.79 Å². The van der Waals surface area contributed by atoms with E-state index in [2.05, 4.69) is 47.6 Å². The van der Waals surface area contributed by atoms with Crippen molar-refractivity contribution in [1.82, 2.24) is 4.90 Å². The number of hydrogen-bond donors (Lipinski definition) is 0. The minimum Gasteiger partial charge on any atom is -0.338 e. The molecule has 0 N–H and O–H groups in total. The lowest BCUT2D eigenvalue weighted by Crippen LogP contribution is -2.35. The first-order valence-electron chi connectivity index (χ1n) is 7.06. The Hall–Kier alpha value is -1.02. The van der Waals surface area contributed by atoms with Gasteiger partial charge < -0.3 is 4.90 Å². The Morgan fingerprint density at radius 1 is 1.40 bits per heavy atom. The maximum atomic E-state index is 11.8. The Kier molecular flexibility index (Phi) is 8.36. The average Bonchev–Trinajstić information content (AvgIpc) is 2.45. The Morgan fingerprint density at radius 2 is 2.15 bits per heavy atom. The Labute approximate surface area is 136 Å². The highest BCUT2D eigenvalue weighted by atomic mass is 127.